The van der Waals surface area contributed by atoms with Gasteiger partial charge >= 0.3 is 0 Å². The number of ether oxygens (including phenoxy) is 1. The van der Waals surface area contributed by atoms with Gasteiger partial charge in [-0.05, 0) is 79.6 Å². The number of piperidine rings is 1. The predicted octanol–water partition coefficient (Wildman–Crippen LogP) is 5.26. The number of rotatable bonds is 8. The minimum atomic E-state index is -0.186. The average molecular weight is 518 g/mol. The second-order valence-corrected chi connectivity index (χ2v) is 10.6. The molecular weight excluding hydrogens is 486 g/mol. The summed E-state index contributed by atoms with van der Waals surface area (Å²) in [5.41, 5.74) is 4.55. The van der Waals surface area contributed by atoms with Crippen molar-refractivity contribution in [3.05, 3.63) is 75.2 Å². The number of anilines is 1. The molecule has 8 heteroatoms. The first-order valence-electron chi connectivity index (χ1n) is 12.8. The highest BCUT2D eigenvalue weighted by Gasteiger charge is 2.27. The highest BCUT2D eigenvalue weighted by molar-refractivity contribution is 7.10. The number of amides is 2. The van der Waals surface area contributed by atoms with Crippen LogP contribution in [0, 0.1) is 0 Å². The molecule has 192 valence electrons. The number of nitrogens with zero attached hydrogens (tertiary/aromatic N) is 2. The van der Waals surface area contributed by atoms with Gasteiger partial charge in [-0.15, -0.1) is 11.3 Å². The molecule has 37 heavy (non-hydrogen) atoms. The summed E-state index contributed by atoms with van der Waals surface area (Å²) in [5.74, 6) is 0.710. The molecule has 0 radical (unpaired) electrons. The van der Waals surface area contributed by atoms with Gasteiger partial charge in [-0.2, -0.15) is 0 Å². The zero-order valence-corrected chi connectivity index (χ0v) is 21.8. The lowest BCUT2D eigenvalue weighted by Crippen LogP contribution is -2.38. The summed E-state index contributed by atoms with van der Waals surface area (Å²) < 4.78 is 5.12. The summed E-state index contributed by atoms with van der Waals surface area (Å²) in [6, 6.07) is 13.1. The molecule has 1 fully saturated rings. The lowest BCUT2D eigenvalue weighted by molar-refractivity contribution is -0.132. The first kappa shape index (κ1) is 25.1. The number of methoxy groups -OCH3 is 1. The van der Waals surface area contributed by atoms with E-state index in [4.69, 9.17) is 4.74 Å². The summed E-state index contributed by atoms with van der Waals surface area (Å²) in [6.45, 7) is 1.27. The van der Waals surface area contributed by atoms with Gasteiger partial charge in [0.15, 0.2) is 5.78 Å². The molecule has 2 aliphatic rings. The number of hydrogen-bond donors (Lipinski definition) is 1. The molecular formula is C29H31N3O4S. The molecule has 5 rings (SSSR count). The standard InChI is InChI=1S/C29H31N3O4S/c1-36-24-9-6-20(7-10-24)26(33)11-12-27(34)32-15-13-21(14-16-32)29-31-25(18-37-29)28(35)30-23-8-5-19-3-2-4-22(19)17-23/h5-10,17-18,21H,2-4,11-16H2,1H3,(H,30,35). The smallest absolute Gasteiger partial charge is 0.275 e. The van der Waals surface area contributed by atoms with Crippen molar-refractivity contribution >= 4 is 34.6 Å². The number of benzene rings is 2. The number of likely N-dealkylation sites (tertiary alicyclic amines) is 1. The Kier molecular flexibility index (Phi) is 7.65. The molecule has 0 atom stereocenters. The van der Waals surface area contributed by atoms with E-state index in [1.54, 1.807) is 31.4 Å². The number of hydrogen-bond acceptors (Lipinski definition) is 6. The van der Waals surface area contributed by atoms with Gasteiger partial charge in [0.2, 0.25) is 5.91 Å². The number of fused-ring (bicyclic) bond motifs is 1. The summed E-state index contributed by atoms with van der Waals surface area (Å²) in [6.07, 6.45) is 5.37. The van der Waals surface area contributed by atoms with E-state index in [0.29, 0.717) is 30.1 Å². The van der Waals surface area contributed by atoms with Crippen molar-refractivity contribution in [1.82, 2.24) is 9.88 Å². The minimum absolute atomic E-state index is 0.00821. The first-order valence-corrected chi connectivity index (χ1v) is 13.7. The highest BCUT2D eigenvalue weighted by atomic mass is 32.1. The summed E-state index contributed by atoms with van der Waals surface area (Å²) in [7, 11) is 1.58. The monoisotopic (exact) mass is 517 g/mol. The van der Waals surface area contributed by atoms with Gasteiger partial charge in [-0.1, -0.05) is 6.07 Å². The molecule has 0 spiro atoms. The van der Waals surface area contributed by atoms with Crippen LogP contribution in [0.3, 0.4) is 0 Å². The summed E-state index contributed by atoms with van der Waals surface area (Å²) in [4.78, 5) is 44.4. The van der Waals surface area contributed by atoms with Gasteiger partial charge in [0.05, 0.1) is 12.1 Å². The molecule has 3 aromatic rings. The van der Waals surface area contributed by atoms with E-state index < -0.39 is 0 Å². The Morgan fingerprint density at radius 3 is 2.54 bits per heavy atom. The van der Waals surface area contributed by atoms with Crippen LogP contribution in [0.5, 0.6) is 5.75 Å². The highest BCUT2D eigenvalue weighted by Crippen LogP contribution is 2.31. The van der Waals surface area contributed by atoms with Crippen molar-refractivity contribution in [2.75, 3.05) is 25.5 Å². The first-order chi connectivity index (χ1) is 18.0. The average Bonchev–Trinajstić information content (AvgIpc) is 3.62. The largest absolute Gasteiger partial charge is 0.497 e. The molecule has 7 nitrogen and oxygen atoms in total. The second-order valence-electron chi connectivity index (χ2n) is 9.67. The molecule has 1 aromatic heterocycles. The SMILES string of the molecule is COc1ccc(C(=O)CCC(=O)N2CCC(c3nc(C(=O)Nc4ccc5c(c4)CCC5)cs3)CC2)cc1. The Balaban J connectivity index is 1.09. The Bertz CT molecular complexity index is 1290. The Hall–Kier alpha value is -3.52. The van der Waals surface area contributed by atoms with Gasteiger partial charge in [-0.3, -0.25) is 14.4 Å². The lowest BCUT2D eigenvalue weighted by atomic mass is 9.97. The van der Waals surface area contributed by atoms with Crippen LogP contribution < -0.4 is 10.1 Å². The van der Waals surface area contributed by atoms with Crippen LogP contribution in [-0.4, -0.2) is 47.7 Å². The van der Waals surface area contributed by atoms with Crippen molar-refractivity contribution in [2.24, 2.45) is 0 Å². The maximum atomic E-state index is 12.8. The third-order valence-electron chi connectivity index (χ3n) is 7.29. The van der Waals surface area contributed by atoms with Crippen LogP contribution >= 0.6 is 11.3 Å². The number of ketones is 1. The fraction of sp³-hybridized carbons (Fsp3) is 0.379. The number of aromatic nitrogens is 1. The Morgan fingerprint density at radius 1 is 1.03 bits per heavy atom. The maximum absolute atomic E-state index is 12.8. The lowest BCUT2D eigenvalue weighted by Gasteiger charge is -2.31. The van der Waals surface area contributed by atoms with Crippen molar-refractivity contribution in [1.29, 1.82) is 0 Å². The van der Waals surface area contributed by atoms with Crippen LogP contribution in [0.25, 0.3) is 0 Å². The van der Waals surface area contributed by atoms with E-state index in [-0.39, 0.29) is 36.4 Å². The van der Waals surface area contributed by atoms with Crippen molar-refractivity contribution in [2.45, 2.75) is 50.9 Å². The molecule has 1 aliphatic heterocycles. The van der Waals surface area contributed by atoms with Crippen LogP contribution in [-0.2, 0) is 17.6 Å². The third kappa shape index (κ3) is 5.91. The summed E-state index contributed by atoms with van der Waals surface area (Å²) >= 11 is 1.51. The molecule has 1 aliphatic carbocycles. The maximum Gasteiger partial charge on any atom is 0.275 e. The number of Topliss-reactive ketones (excluding diaryl/α,β-unsaturated/α-hetero) is 1. The van der Waals surface area contributed by atoms with Gasteiger partial charge < -0.3 is 15.0 Å². The van der Waals surface area contributed by atoms with Crippen molar-refractivity contribution < 1.29 is 19.1 Å². The molecule has 1 saturated heterocycles. The summed E-state index contributed by atoms with van der Waals surface area (Å²) in [5, 5.41) is 5.75. The van der Waals surface area contributed by atoms with E-state index in [2.05, 4.69) is 22.4 Å². The number of carbonyl (C=O) groups excluding carboxylic acids is 3. The fourth-order valence-electron chi connectivity index (χ4n) is 5.10. The molecule has 0 unspecified atom stereocenters. The molecule has 2 heterocycles. The van der Waals surface area contributed by atoms with Crippen LogP contribution in [0.4, 0.5) is 5.69 Å². The van der Waals surface area contributed by atoms with Crippen LogP contribution in [0.2, 0.25) is 0 Å². The van der Waals surface area contributed by atoms with Crippen molar-refractivity contribution in [3.63, 3.8) is 0 Å². The van der Waals surface area contributed by atoms with Crippen LogP contribution in [0.1, 0.15) is 75.0 Å². The van der Waals surface area contributed by atoms with Crippen LogP contribution in [0.15, 0.2) is 47.8 Å². The normalized spacial score (nSPS) is 15.3. The van der Waals surface area contributed by atoms with E-state index in [1.165, 1.54) is 28.9 Å². The Morgan fingerprint density at radius 2 is 1.78 bits per heavy atom. The zero-order chi connectivity index (χ0) is 25.8. The number of aryl methyl sites for hydroxylation is 2. The molecule has 0 saturated carbocycles. The van der Waals surface area contributed by atoms with E-state index >= 15 is 0 Å². The third-order valence-corrected chi connectivity index (χ3v) is 8.29. The Labute approximate surface area is 220 Å². The fourth-order valence-corrected chi connectivity index (χ4v) is 6.07. The second kappa shape index (κ2) is 11.3. The quantitative estimate of drug-likeness (QED) is 0.412. The predicted molar refractivity (Wildman–Crippen MR) is 144 cm³/mol. The topological polar surface area (TPSA) is 88.6 Å². The molecule has 0 bridgehead atoms. The molecule has 2 amide bonds. The van der Waals surface area contributed by atoms with Gasteiger partial charge in [0, 0.05) is 48.5 Å². The van der Waals surface area contributed by atoms with E-state index in [0.717, 1.165) is 36.4 Å². The minimum Gasteiger partial charge on any atom is -0.497 e. The number of thiazole rings is 1. The number of carbonyl (C=O) groups is 3. The van der Waals surface area contributed by atoms with Gasteiger partial charge in [0.1, 0.15) is 11.4 Å². The van der Waals surface area contributed by atoms with Gasteiger partial charge in [0.25, 0.3) is 5.91 Å². The molecule has 1 N–H and O–H groups in total. The van der Waals surface area contributed by atoms with Gasteiger partial charge in [-0.25, -0.2) is 4.98 Å². The van der Waals surface area contributed by atoms with E-state index in [9.17, 15) is 14.4 Å². The number of nitrogens with one attached hydrogen (secondary N) is 1. The van der Waals surface area contributed by atoms with Crippen molar-refractivity contribution in [3.8, 4) is 5.75 Å². The van der Waals surface area contributed by atoms with E-state index in [1.807, 2.05) is 16.3 Å². The zero-order valence-electron chi connectivity index (χ0n) is 21.0. The molecule has 2 aromatic carbocycles.